The summed E-state index contributed by atoms with van der Waals surface area (Å²) in [6, 6.07) is 19.6. The molecule has 0 aliphatic heterocycles. The number of hydrogen-bond donors (Lipinski definition) is 2. The zero-order valence-corrected chi connectivity index (χ0v) is 12.8. The van der Waals surface area contributed by atoms with E-state index in [1.54, 1.807) is 30.3 Å². The van der Waals surface area contributed by atoms with Crippen molar-refractivity contribution in [3.8, 4) is 0 Å². The molecule has 0 unspecified atom stereocenters. The highest BCUT2D eigenvalue weighted by molar-refractivity contribution is 6.31. The van der Waals surface area contributed by atoms with Crippen molar-refractivity contribution in [2.45, 2.75) is 0 Å². The van der Waals surface area contributed by atoms with Crippen LogP contribution in [0.15, 0.2) is 66.7 Å². The predicted molar refractivity (Wildman–Crippen MR) is 90.3 cm³/mol. The standard InChI is InChI=1S/C18H13ClN2O2/c19-16-7-3-6-14(11-16)17(22)20-21-18(23)15-9-8-12-4-1-2-5-13(12)10-15/h1-11H,(H,20,22)(H,21,23). The number of carbonyl (C=O) groups excluding carboxylic acids is 2. The molecule has 0 radical (unpaired) electrons. The Balaban J connectivity index is 1.69. The smallest absolute Gasteiger partial charge is 0.267 e. The molecule has 114 valence electrons. The molecule has 0 fully saturated rings. The molecule has 0 aliphatic carbocycles. The molecule has 0 atom stereocenters. The summed E-state index contributed by atoms with van der Waals surface area (Å²) in [5, 5.41) is 2.46. The average molecular weight is 325 g/mol. The highest BCUT2D eigenvalue weighted by atomic mass is 35.5. The summed E-state index contributed by atoms with van der Waals surface area (Å²) in [6.45, 7) is 0. The summed E-state index contributed by atoms with van der Waals surface area (Å²) in [7, 11) is 0. The monoisotopic (exact) mass is 324 g/mol. The van der Waals surface area contributed by atoms with E-state index in [0.29, 0.717) is 16.1 Å². The lowest BCUT2D eigenvalue weighted by Gasteiger charge is -2.08. The molecular weight excluding hydrogens is 312 g/mol. The summed E-state index contributed by atoms with van der Waals surface area (Å²) in [5.74, 6) is -0.812. The van der Waals surface area contributed by atoms with Gasteiger partial charge >= 0.3 is 0 Å². The lowest BCUT2D eigenvalue weighted by atomic mass is 10.1. The first-order chi connectivity index (χ1) is 11.1. The zero-order valence-electron chi connectivity index (χ0n) is 12.0. The number of fused-ring (bicyclic) bond motifs is 1. The predicted octanol–water partition coefficient (Wildman–Crippen LogP) is 3.57. The Kier molecular flexibility index (Phi) is 4.26. The maximum absolute atomic E-state index is 12.1. The van der Waals surface area contributed by atoms with E-state index in [1.807, 2.05) is 30.3 Å². The minimum Gasteiger partial charge on any atom is -0.267 e. The van der Waals surface area contributed by atoms with E-state index in [4.69, 9.17) is 11.6 Å². The van der Waals surface area contributed by atoms with Crippen LogP contribution in [0, 0.1) is 0 Å². The molecule has 23 heavy (non-hydrogen) atoms. The van der Waals surface area contributed by atoms with Crippen molar-refractivity contribution in [3.05, 3.63) is 82.9 Å². The molecular formula is C18H13ClN2O2. The summed E-state index contributed by atoms with van der Waals surface area (Å²) >= 11 is 5.84. The largest absolute Gasteiger partial charge is 0.269 e. The molecule has 0 saturated heterocycles. The highest BCUT2D eigenvalue weighted by Gasteiger charge is 2.09. The van der Waals surface area contributed by atoms with Crippen LogP contribution in [0.5, 0.6) is 0 Å². The van der Waals surface area contributed by atoms with Crippen molar-refractivity contribution >= 4 is 34.2 Å². The maximum Gasteiger partial charge on any atom is 0.269 e. The molecule has 2 amide bonds. The van der Waals surface area contributed by atoms with Gasteiger partial charge in [-0.25, -0.2) is 0 Å². The fourth-order valence-corrected chi connectivity index (χ4v) is 2.41. The Bertz CT molecular complexity index is 893. The van der Waals surface area contributed by atoms with Crippen LogP contribution in [-0.2, 0) is 0 Å². The molecule has 3 aromatic rings. The van der Waals surface area contributed by atoms with Crippen LogP contribution in [0.3, 0.4) is 0 Å². The number of hydrazine groups is 1. The Morgan fingerprint density at radius 3 is 2.04 bits per heavy atom. The van der Waals surface area contributed by atoms with Crippen LogP contribution >= 0.6 is 11.6 Å². The number of hydrogen-bond acceptors (Lipinski definition) is 2. The Hall–Kier alpha value is -2.85. The van der Waals surface area contributed by atoms with E-state index < -0.39 is 5.91 Å². The van der Waals surface area contributed by atoms with Gasteiger partial charge in [0.15, 0.2) is 0 Å². The molecule has 0 heterocycles. The van der Waals surface area contributed by atoms with Crippen molar-refractivity contribution in [3.63, 3.8) is 0 Å². The van der Waals surface area contributed by atoms with Crippen LogP contribution in [-0.4, -0.2) is 11.8 Å². The minimum atomic E-state index is -0.429. The molecule has 0 aromatic heterocycles. The first-order valence-corrected chi connectivity index (χ1v) is 7.36. The van der Waals surface area contributed by atoms with Gasteiger partial charge in [0, 0.05) is 16.1 Å². The third-order valence-electron chi connectivity index (χ3n) is 3.39. The third kappa shape index (κ3) is 3.49. The minimum absolute atomic E-state index is 0.372. The van der Waals surface area contributed by atoms with Crippen molar-refractivity contribution in [1.29, 1.82) is 0 Å². The fraction of sp³-hybridized carbons (Fsp3) is 0. The normalized spacial score (nSPS) is 10.3. The van der Waals surface area contributed by atoms with Crippen LogP contribution < -0.4 is 10.9 Å². The summed E-state index contributed by atoms with van der Waals surface area (Å²) in [5.41, 5.74) is 5.61. The Morgan fingerprint density at radius 2 is 1.35 bits per heavy atom. The van der Waals surface area contributed by atoms with Gasteiger partial charge in [-0.3, -0.25) is 20.4 Å². The molecule has 0 spiro atoms. The number of amides is 2. The van der Waals surface area contributed by atoms with Crippen molar-refractivity contribution in [1.82, 2.24) is 10.9 Å². The molecule has 4 nitrogen and oxygen atoms in total. The van der Waals surface area contributed by atoms with E-state index in [0.717, 1.165) is 10.8 Å². The molecule has 0 saturated carbocycles. The second-order valence-corrected chi connectivity index (χ2v) is 5.42. The number of carbonyl (C=O) groups is 2. The number of benzene rings is 3. The van der Waals surface area contributed by atoms with Gasteiger partial charge in [0.2, 0.25) is 0 Å². The van der Waals surface area contributed by atoms with Crippen molar-refractivity contribution in [2.24, 2.45) is 0 Å². The molecule has 2 N–H and O–H groups in total. The van der Waals surface area contributed by atoms with Gasteiger partial charge in [-0.15, -0.1) is 0 Å². The van der Waals surface area contributed by atoms with E-state index in [1.165, 1.54) is 6.07 Å². The SMILES string of the molecule is O=C(NNC(=O)c1ccc2ccccc2c1)c1cccc(Cl)c1. The first kappa shape index (κ1) is 15.1. The van der Waals surface area contributed by atoms with Crippen LogP contribution in [0.25, 0.3) is 10.8 Å². The molecule has 3 aromatic carbocycles. The lowest BCUT2D eigenvalue weighted by molar-refractivity contribution is 0.0847. The number of nitrogens with one attached hydrogen (secondary N) is 2. The third-order valence-corrected chi connectivity index (χ3v) is 3.62. The van der Waals surface area contributed by atoms with Gasteiger partial charge in [0.25, 0.3) is 11.8 Å². The van der Waals surface area contributed by atoms with Gasteiger partial charge in [-0.2, -0.15) is 0 Å². The van der Waals surface area contributed by atoms with E-state index in [2.05, 4.69) is 10.9 Å². The second-order valence-electron chi connectivity index (χ2n) is 4.98. The lowest BCUT2D eigenvalue weighted by Crippen LogP contribution is -2.41. The van der Waals surface area contributed by atoms with E-state index >= 15 is 0 Å². The topological polar surface area (TPSA) is 58.2 Å². The van der Waals surface area contributed by atoms with Gasteiger partial charge in [-0.1, -0.05) is 48.0 Å². The fourth-order valence-electron chi connectivity index (χ4n) is 2.22. The van der Waals surface area contributed by atoms with Crippen LogP contribution in [0.4, 0.5) is 0 Å². The van der Waals surface area contributed by atoms with Crippen molar-refractivity contribution < 1.29 is 9.59 Å². The van der Waals surface area contributed by atoms with Crippen LogP contribution in [0.2, 0.25) is 5.02 Å². The van der Waals surface area contributed by atoms with Gasteiger partial charge in [-0.05, 0) is 41.1 Å². The van der Waals surface area contributed by atoms with Gasteiger partial charge < -0.3 is 0 Å². The van der Waals surface area contributed by atoms with Gasteiger partial charge in [0.05, 0.1) is 0 Å². The molecule has 3 rings (SSSR count). The second kappa shape index (κ2) is 6.50. The molecule has 0 bridgehead atoms. The Labute approximate surface area is 138 Å². The summed E-state index contributed by atoms with van der Waals surface area (Å²) in [4.78, 5) is 24.1. The van der Waals surface area contributed by atoms with Crippen LogP contribution in [0.1, 0.15) is 20.7 Å². The average Bonchev–Trinajstić information content (AvgIpc) is 2.59. The summed E-state index contributed by atoms with van der Waals surface area (Å²) < 4.78 is 0. The Morgan fingerprint density at radius 1 is 0.696 bits per heavy atom. The first-order valence-electron chi connectivity index (χ1n) is 6.98. The highest BCUT2D eigenvalue weighted by Crippen LogP contribution is 2.15. The molecule has 0 aliphatic rings. The quantitative estimate of drug-likeness (QED) is 0.708. The number of halogens is 1. The van der Waals surface area contributed by atoms with E-state index in [9.17, 15) is 9.59 Å². The van der Waals surface area contributed by atoms with Gasteiger partial charge in [0.1, 0.15) is 0 Å². The molecule has 5 heteroatoms. The van der Waals surface area contributed by atoms with E-state index in [-0.39, 0.29) is 5.91 Å². The maximum atomic E-state index is 12.1. The summed E-state index contributed by atoms with van der Waals surface area (Å²) in [6.07, 6.45) is 0. The zero-order chi connectivity index (χ0) is 16.2. The van der Waals surface area contributed by atoms with Crippen molar-refractivity contribution in [2.75, 3.05) is 0 Å². The number of rotatable bonds is 2.